The molecule has 0 heterocycles. The molecule has 24 heavy (non-hydrogen) atoms. The molecule has 3 N–H and O–H groups in total. The highest BCUT2D eigenvalue weighted by atomic mass is 35.5. The van der Waals surface area contributed by atoms with Gasteiger partial charge in [0.25, 0.3) is 5.91 Å². The van der Waals surface area contributed by atoms with E-state index in [9.17, 15) is 4.79 Å². The van der Waals surface area contributed by atoms with E-state index in [0.717, 1.165) is 17.1 Å². The number of nitrogens with zero attached hydrogens (tertiary/aromatic N) is 1. The van der Waals surface area contributed by atoms with Crippen LogP contribution in [0.2, 0.25) is 0 Å². The van der Waals surface area contributed by atoms with Crippen LogP contribution in [0.4, 0.5) is 17.1 Å². The van der Waals surface area contributed by atoms with E-state index in [1.54, 1.807) is 0 Å². The zero-order valence-electron chi connectivity index (χ0n) is 12.9. The molecule has 0 aliphatic heterocycles. The Kier molecular flexibility index (Phi) is 6.69. The van der Waals surface area contributed by atoms with Crippen molar-refractivity contribution in [3.8, 4) is 6.07 Å². The molecule has 0 saturated carbocycles. The summed E-state index contributed by atoms with van der Waals surface area (Å²) in [5, 5.41) is 17.8. The Labute approximate surface area is 145 Å². The summed E-state index contributed by atoms with van der Waals surface area (Å²) in [5.41, 5.74) is 2.70. The van der Waals surface area contributed by atoms with Gasteiger partial charge in [0, 0.05) is 35.7 Å². The Morgan fingerprint density at radius 3 is 2.29 bits per heavy atom. The van der Waals surface area contributed by atoms with Gasteiger partial charge in [0.1, 0.15) is 11.6 Å². The minimum Gasteiger partial charge on any atom is -0.360 e. The van der Waals surface area contributed by atoms with Gasteiger partial charge < -0.3 is 16.0 Å². The summed E-state index contributed by atoms with van der Waals surface area (Å²) in [6, 6.07) is 19.2. The van der Waals surface area contributed by atoms with Gasteiger partial charge in [-0.05, 0) is 36.4 Å². The number of nitrogens with one attached hydrogen (secondary N) is 3. The van der Waals surface area contributed by atoms with E-state index in [1.807, 2.05) is 60.7 Å². The van der Waals surface area contributed by atoms with E-state index < -0.39 is 5.91 Å². The number of hydrogen-bond donors (Lipinski definition) is 3. The van der Waals surface area contributed by atoms with E-state index in [1.165, 1.54) is 6.20 Å². The molecule has 6 heteroatoms. The summed E-state index contributed by atoms with van der Waals surface area (Å²) in [6.07, 6.45) is 1.38. The van der Waals surface area contributed by atoms with Gasteiger partial charge in [-0.15, -0.1) is 11.6 Å². The number of carbonyl (C=O) groups excluding carboxylic acids is 1. The number of benzene rings is 2. The summed E-state index contributed by atoms with van der Waals surface area (Å²) in [5.74, 6) is -0.152. The lowest BCUT2D eigenvalue weighted by atomic mass is 10.2. The third-order valence-corrected chi connectivity index (χ3v) is 3.26. The van der Waals surface area contributed by atoms with E-state index in [-0.39, 0.29) is 5.57 Å². The maximum absolute atomic E-state index is 11.7. The molecule has 0 spiro atoms. The van der Waals surface area contributed by atoms with Crippen molar-refractivity contribution in [2.24, 2.45) is 0 Å². The fourth-order valence-corrected chi connectivity index (χ4v) is 1.99. The first-order chi connectivity index (χ1) is 11.7. The molecule has 0 bridgehead atoms. The largest absolute Gasteiger partial charge is 0.360 e. The van der Waals surface area contributed by atoms with Crippen LogP contribution >= 0.6 is 11.6 Å². The van der Waals surface area contributed by atoms with Crippen LogP contribution in [0.15, 0.2) is 66.4 Å². The molecule has 0 radical (unpaired) electrons. The fourth-order valence-electron chi connectivity index (χ4n) is 1.90. The lowest BCUT2D eigenvalue weighted by molar-refractivity contribution is -0.117. The van der Waals surface area contributed by atoms with Gasteiger partial charge in [-0.1, -0.05) is 18.2 Å². The van der Waals surface area contributed by atoms with Crippen LogP contribution < -0.4 is 16.0 Å². The second kappa shape index (κ2) is 9.23. The predicted molar refractivity (Wildman–Crippen MR) is 97.2 cm³/mol. The highest BCUT2D eigenvalue weighted by molar-refractivity contribution is 6.18. The smallest absolute Gasteiger partial charge is 0.263 e. The van der Waals surface area contributed by atoms with E-state index in [0.29, 0.717) is 12.4 Å². The van der Waals surface area contributed by atoms with Gasteiger partial charge in [0.05, 0.1) is 0 Å². The summed E-state index contributed by atoms with van der Waals surface area (Å²) >= 11 is 5.50. The SMILES string of the molecule is N#C/C(=C/Nc1ccc(Nc2ccccc2)cc1)C(=O)NCCCl. The molecule has 0 unspecified atom stereocenters. The molecule has 2 aromatic carbocycles. The normalized spacial score (nSPS) is 10.6. The zero-order chi connectivity index (χ0) is 17.2. The summed E-state index contributed by atoms with van der Waals surface area (Å²) in [7, 11) is 0. The minimum atomic E-state index is -0.451. The van der Waals surface area contributed by atoms with Crippen LogP contribution in [-0.2, 0) is 4.79 Å². The molecule has 0 fully saturated rings. The molecule has 2 aromatic rings. The van der Waals surface area contributed by atoms with Crippen molar-refractivity contribution in [3.05, 3.63) is 66.4 Å². The Balaban J connectivity index is 1.97. The zero-order valence-corrected chi connectivity index (χ0v) is 13.7. The van der Waals surface area contributed by atoms with Gasteiger partial charge in [0.15, 0.2) is 0 Å². The molecule has 0 aliphatic rings. The standard InChI is InChI=1S/C18H17ClN4O/c19-10-11-21-18(24)14(12-20)13-22-15-6-8-17(9-7-15)23-16-4-2-1-3-5-16/h1-9,13,22-23H,10-11H2,(H,21,24)/b14-13-. The van der Waals surface area contributed by atoms with Gasteiger partial charge >= 0.3 is 0 Å². The number of carbonyl (C=O) groups is 1. The average Bonchev–Trinajstić information content (AvgIpc) is 2.62. The third-order valence-electron chi connectivity index (χ3n) is 3.08. The molecule has 2 rings (SSSR count). The monoisotopic (exact) mass is 340 g/mol. The second-order valence-corrected chi connectivity index (χ2v) is 5.21. The predicted octanol–water partition coefficient (Wildman–Crippen LogP) is 3.60. The number of alkyl halides is 1. The van der Waals surface area contributed by atoms with Gasteiger partial charge in [-0.25, -0.2) is 0 Å². The maximum atomic E-state index is 11.7. The first-order valence-electron chi connectivity index (χ1n) is 7.36. The van der Waals surface area contributed by atoms with Gasteiger partial charge in [-0.2, -0.15) is 5.26 Å². The van der Waals surface area contributed by atoms with Crippen molar-refractivity contribution in [1.29, 1.82) is 5.26 Å². The van der Waals surface area contributed by atoms with E-state index in [2.05, 4.69) is 16.0 Å². The van der Waals surface area contributed by atoms with Crippen LogP contribution in [0, 0.1) is 11.3 Å². The molecule has 1 amide bonds. The van der Waals surface area contributed by atoms with E-state index >= 15 is 0 Å². The average molecular weight is 341 g/mol. The summed E-state index contributed by atoms with van der Waals surface area (Å²) in [4.78, 5) is 11.7. The number of nitriles is 1. The topological polar surface area (TPSA) is 77.0 Å². The molecule has 122 valence electrons. The van der Waals surface area contributed by atoms with Crippen molar-refractivity contribution >= 4 is 34.6 Å². The molecule has 0 saturated heterocycles. The molecular formula is C18H17ClN4O. The van der Waals surface area contributed by atoms with Crippen molar-refractivity contribution < 1.29 is 4.79 Å². The molecule has 5 nitrogen and oxygen atoms in total. The minimum absolute atomic E-state index is 0.00777. The summed E-state index contributed by atoms with van der Waals surface area (Å²) in [6.45, 7) is 0.319. The number of rotatable bonds is 7. The Hall–Kier alpha value is -2.97. The summed E-state index contributed by atoms with van der Waals surface area (Å²) < 4.78 is 0. The fraction of sp³-hybridized carbons (Fsp3) is 0.111. The van der Waals surface area contributed by atoms with E-state index in [4.69, 9.17) is 16.9 Å². The number of halogens is 1. The first-order valence-corrected chi connectivity index (χ1v) is 7.89. The molecule has 0 aliphatic carbocycles. The lowest BCUT2D eigenvalue weighted by Crippen LogP contribution is -2.26. The van der Waals surface area contributed by atoms with Crippen molar-refractivity contribution in [2.45, 2.75) is 0 Å². The van der Waals surface area contributed by atoms with Gasteiger partial charge in [-0.3, -0.25) is 4.79 Å². The van der Waals surface area contributed by atoms with Crippen LogP contribution in [0.3, 0.4) is 0 Å². The number of amides is 1. The van der Waals surface area contributed by atoms with Crippen LogP contribution in [0.5, 0.6) is 0 Å². The highest BCUT2D eigenvalue weighted by Gasteiger charge is 2.07. The highest BCUT2D eigenvalue weighted by Crippen LogP contribution is 2.18. The Morgan fingerprint density at radius 1 is 1.04 bits per heavy atom. The number of anilines is 3. The molecular weight excluding hydrogens is 324 g/mol. The van der Waals surface area contributed by atoms with Crippen molar-refractivity contribution in [1.82, 2.24) is 5.32 Å². The number of para-hydroxylation sites is 1. The maximum Gasteiger partial charge on any atom is 0.263 e. The Bertz CT molecular complexity index is 736. The van der Waals surface area contributed by atoms with Crippen LogP contribution in [0.25, 0.3) is 0 Å². The lowest BCUT2D eigenvalue weighted by Gasteiger charge is -2.08. The molecule has 0 aromatic heterocycles. The van der Waals surface area contributed by atoms with Crippen molar-refractivity contribution in [3.63, 3.8) is 0 Å². The Morgan fingerprint density at radius 2 is 1.67 bits per heavy atom. The van der Waals surface area contributed by atoms with Gasteiger partial charge in [0.2, 0.25) is 0 Å². The van der Waals surface area contributed by atoms with Crippen LogP contribution in [-0.4, -0.2) is 18.3 Å². The first kappa shape index (κ1) is 17.4. The van der Waals surface area contributed by atoms with Crippen LogP contribution in [0.1, 0.15) is 0 Å². The quantitative estimate of drug-likeness (QED) is 0.409. The number of hydrogen-bond acceptors (Lipinski definition) is 4. The third kappa shape index (κ3) is 5.34. The molecule has 0 atom stereocenters. The van der Waals surface area contributed by atoms with Crippen molar-refractivity contribution in [2.75, 3.05) is 23.1 Å². The second-order valence-electron chi connectivity index (χ2n) is 4.83.